The predicted octanol–water partition coefficient (Wildman–Crippen LogP) is 1.47. The van der Waals surface area contributed by atoms with Crippen LogP contribution >= 0.6 is 11.3 Å². The number of aliphatic hydroxyl groups is 1. The molecule has 2 atom stereocenters. The minimum atomic E-state index is 0.278. The summed E-state index contributed by atoms with van der Waals surface area (Å²) in [6.07, 6.45) is 3.47. The molecule has 2 N–H and O–H groups in total. The van der Waals surface area contributed by atoms with Crippen molar-refractivity contribution in [2.45, 2.75) is 31.8 Å². The number of ether oxygens (including phenoxy) is 1. The minimum absolute atomic E-state index is 0.278. The third kappa shape index (κ3) is 3.38. The Morgan fingerprint density at radius 3 is 2.89 bits per heavy atom. The second kappa shape index (κ2) is 6.54. The van der Waals surface area contributed by atoms with Gasteiger partial charge in [-0.2, -0.15) is 4.98 Å². The van der Waals surface area contributed by atoms with Gasteiger partial charge in [-0.05, 0) is 18.8 Å². The number of aliphatic hydroxyl groups excluding tert-OH is 1. The van der Waals surface area contributed by atoms with Crippen LogP contribution in [-0.4, -0.2) is 43.9 Å². The van der Waals surface area contributed by atoms with Crippen molar-refractivity contribution in [2.24, 2.45) is 5.92 Å². The highest BCUT2D eigenvalue weighted by atomic mass is 32.1. The van der Waals surface area contributed by atoms with Crippen LogP contribution in [0.3, 0.4) is 0 Å². The molecule has 0 aliphatic heterocycles. The Balaban J connectivity index is 1.98. The summed E-state index contributed by atoms with van der Waals surface area (Å²) in [6, 6.07) is 0.416. The van der Waals surface area contributed by atoms with Crippen LogP contribution in [0.25, 0.3) is 0 Å². The molecule has 5 nitrogen and oxygen atoms in total. The summed E-state index contributed by atoms with van der Waals surface area (Å²) in [5.41, 5.74) is 0. The molecule has 1 aliphatic carbocycles. The van der Waals surface area contributed by atoms with Gasteiger partial charge in [0.25, 0.3) is 0 Å². The minimum Gasteiger partial charge on any atom is -0.480 e. The Morgan fingerprint density at radius 2 is 2.26 bits per heavy atom. The van der Waals surface area contributed by atoms with Crippen molar-refractivity contribution in [3.05, 3.63) is 4.88 Å². The van der Waals surface area contributed by atoms with Crippen molar-refractivity contribution >= 4 is 16.5 Å². The standard InChI is InChI=1S/C13H23N3O2S/c1-16(2)13-15-12(18-3)11(19-13)7-14-10-6-4-5-9(10)8-17/h9-10,14,17H,4-8H2,1-3H3. The fourth-order valence-corrected chi connectivity index (χ4v) is 3.44. The normalized spacial score (nSPS) is 22.7. The van der Waals surface area contributed by atoms with Crippen LogP contribution in [0.15, 0.2) is 0 Å². The first-order valence-electron chi connectivity index (χ1n) is 6.71. The second-order valence-corrected chi connectivity index (χ2v) is 6.25. The Hall–Kier alpha value is -0.850. The summed E-state index contributed by atoms with van der Waals surface area (Å²) in [6.45, 7) is 1.04. The first kappa shape index (κ1) is 14.6. The second-order valence-electron chi connectivity index (χ2n) is 5.18. The van der Waals surface area contributed by atoms with Crippen molar-refractivity contribution in [3.8, 4) is 5.88 Å². The van der Waals surface area contributed by atoms with Gasteiger partial charge in [0.15, 0.2) is 5.13 Å². The van der Waals surface area contributed by atoms with Gasteiger partial charge < -0.3 is 20.1 Å². The number of rotatable bonds is 6. The van der Waals surface area contributed by atoms with Crippen LogP contribution in [-0.2, 0) is 6.54 Å². The van der Waals surface area contributed by atoms with Crippen LogP contribution in [0.5, 0.6) is 5.88 Å². The molecule has 1 aromatic rings. The number of nitrogens with one attached hydrogen (secondary N) is 1. The Morgan fingerprint density at radius 1 is 1.47 bits per heavy atom. The monoisotopic (exact) mass is 285 g/mol. The summed E-state index contributed by atoms with van der Waals surface area (Å²) in [4.78, 5) is 7.55. The van der Waals surface area contributed by atoms with Gasteiger partial charge in [0.1, 0.15) is 0 Å². The van der Waals surface area contributed by atoms with Crippen molar-refractivity contribution in [2.75, 3.05) is 32.7 Å². The van der Waals surface area contributed by atoms with Crippen LogP contribution in [0, 0.1) is 5.92 Å². The summed E-state index contributed by atoms with van der Waals surface area (Å²) in [5.74, 6) is 1.10. The van der Waals surface area contributed by atoms with E-state index in [-0.39, 0.29) is 6.61 Å². The summed E-state index contributed by atoms with van der Waals surface area (Å²) in [5, 5.41) is 13.8. The van der Waals surface area contributed by atoms with Crippen LogP contribution in [0.1, 0.15) is 24.1 Å². The lowest BCUT2D eigenvalue weighted by molar-refractivity contribution is 0.205. The van der Waals surface area contributed by atoms with Gasteiger partial charge in [0.2, 0.25) is 5.88 Å². The van der Waals surface area contributed by atoms with E-state index in [0.717, 1.165) is 29.4 Å². The van der Waals surface area contributed by atoms with Crippen LogP contribution in [0.4, 0.5) is 5.13 Å². The van der Waals surface area contributed by atoms with Gasteiger partial charge in [-0.15, -0.1) is 0 Å². The number of anilines is 1. The highest BCUT2D eigenvalue weighted by Crippen LogP contribution is 2.31. The molecule has 0 amide bonds. The average Bonchev–Trinajstić information content (AvgIpc) is 3.02. The van der Waals surface area contributed by atoms with Crippen LogP contribution < -0.4 is 15.0 Å². The lowest BCUT2D eigenvalue weighted by Crippen LogP contribution is -2.33. The van der Waals surface area contributed by atoms with E-state index < -0.39 is 0 Å². The van der Waals surface area contributed by atoms with Gasteiger partial charge in [0.05, 0.1) is 12.0 Å². The van der Waals surface area contributed by atoms with E-state index in [0.29, 0.717) is 17.8 Å². The van der Waals surface area contributed by atoms with Gasteiger partial charge in [-0.1, -0.05) is 17.8 Å². The Bertz CT molecular complexity index is 409. The van der Waals surface area contributed by atoms with E-state index in [9.17, 15) is 5.11 Å². The maximum Gasteiger partial charge on any atom is 0.230 e. The molecule has 1 aliphatic rings. The Kier molecular flexibility index (Phi) is 5.01. The fourth-order valence-electron chi connectivity index (χ4n) is 2.54. The van der Waals surface area contributed by atoms with Crippen molar-refractivity contribution in [3.63, 3.8) is 0 Å². The number of hydrogen-bond donors (Lipinski definition) is 2. The molecular formula is C13H23N3O2S. The molecule has 6 heteroatoms. The first-order chi connectivity index (χ1) is 9.15. The third-order valence-corrected chi connectivity index (χ3v) is 4.85. The molecule has 0 bridgehead atoms. The van der Waals surface area contributed by atoms with Gasteiger partial charge >= 0.3 is 0 Å². The van der Waals surface area contributed by atoms with Gasteiger partial charge in [-0.3, -0.25) is 0 Å². The summed E-state index contributed by atoms with van der Waals surface area (Å²) >= 11 is 1.65. The molecule has 0 radical (unpaired) electrons. The van der Waals surface area contributed by atoms with Gasteiger partial charge in [0, 0.05) is 33.3 Å². The Labute approximate surface area is 118 Å². The molecule has 0 aromatic carbocycles. The molecule has 1 fully saturated rings. The zero-order valence-electron chi connectivity index (χ0n) is 11.8. The van der Waals surface area contributed by atoms with Crippen molar-refractivity contribution in [1.82, 2.24) is 10.3 Å². The highest BCUT2D eigenvalue weighted by molar-refractivity contribution is 7.15. The maximum atomic E-state index is 9.33. The number of thiazole rings is 1. The van der Waals surface area contributed by atoms with Crippen LogP contribution in [0.2, 0.25) is 0 Å². The molecule has 108 valence electrons. The molecule has 19 heavy (non-hydrogen) atoms. The van der Waals surface area contributed by atoms with E-state index in [1.807, 2.05) is 19.0 Å². The first-order valence-corrected chi connectivity index (χ1v) is 7.52. The molecule has 1 saturated carbocycles. The summed E-state index contributed by atoms with van der Waals surface area (Å²) < 4.78 is 5.33. The molecule has 1 heterocycles. The number of nitrogens with zero attached hydrogens (tertiary/aromatic N) is 2. The largest absolute Gasteiger partial charge is 0.480 e. The van der Waals surface area contributed by atoms with E-state index in [2.05, 4.69) is 10.3 Å². The average molecular weight is 285 g/mol. The third-order valence-electron chi connectivity index (χ3n) is 3.64. The van der Waals surface area contributed by atoms with Crippen molar-refractivity contribution < 1.29 is 9.84 Å². The lowest BCUT2D eigenvalue weighted by Gasteiger charge is -2.18. The number of methoxy groups -OCH3 is 1. The SMILES string of the molecule is COc1nc(N(C)C)sc1CNC1CCCC1CO. The molecule has 1 aromatic heterocycles. The topological polar surface area (TPSA) is 57.6 Å². The van der Waals surface area contributed by atoms with Gasteiger partial charge in [-0.25, -0.2) is 0 Å². The highest BCUT2D eigenvalue weighted by Gasteiger charge is 2.26. The smallest absolute Gasteiger partial charge is 0.230 e. The predicted molar refractivity (Wildman–Crippen MR) is 78.0 cm³/mol. The van der Waals surface area contributed by atoms with E-state index in [1.54, 1.807) is 18.4 Å². The zero-order valence-corrected chi connectivity index (χ0v) is 12.7. The number of aromatic nitrogens is 1. The molecule has 2 rings (SSSR count). The van der Waals surface area contributed by atoms with E-state index in [1.165, 1.54) is 6.42 Å². The number of hydrogen-bond acceptors (Lipinski definition) is 6. The summed E-state index contributed by atoms with van der Waals surface area (Å²) in [7, 11) is 5.62. The quantitative estimate of drug-likeness (QED) is 0.829. The molecule has 0 saturated heterocycles. The maximum absolute atomic E-state index is 9.33. The molecule has 0 spiro atoms. The van der Waals surface area contributed by atoms with E-state index in [4.69, 9.17) is 4.74 Å². The lowest BCUT2D eigenvalue weighted by atomic mass is 10.1. The van der Waals surface area contributed by atoms with E-state index >= 15 is 0 Å². The zero-order chi connectivity index (χ0) is 13.8. The molecular weight excluding hydrogens is 262 g/mol. The fraction of sp³-hybridized carbons (Fsp3) is 0.769. The van der Waals surface area contributed by atoms with Crippen molar-refractivity contribution in [1.29, 1.82) is 0 Å². The molecule has 2 unspecified atom stereocenters.